The Balaban J connectivity index is 2.40. The minimum atomic E-state index is -1.12. The van der Waals surface area contributed by atoms with Crippen LogP contribution in [0.5, 0.6) is 0 Å². The summed E-state index contributed by atoms with van der Waals surface area (Å²) in [5, 5.41) is -0.0747. The normalized spacial score (nSPS) is 20.0. The smallest absolute Gasteiger partial charge is 0.296 e. The van der Waals surface area contributed by atoms with Crippen LogP contribution in [0, 0.1) is 5.82 Å². The maximum absolute atomic E-state index is 13.5. The van der Waals surface area contributed by atoms with Crippen molar-refractivity contribution in [2.45, 2.75) is 6.10 Å². The van der Waals surface area contributed by atoms with Crippen molar-refractivity contribution in [2.24, 2.45) is 10.7 Å². The van der Waals surface area contributed by atoms with Gasteiger partial charge in [-0.15, -0.1) is 0 Å². The molecule has 0 bridgehead atoms. The third-order valence-corrected chi connectivity index (χ3v) is 2.24. The van der Waals surface area contributed by atoms with Crippen LogP contribution >= 0.6 is 11.6 Å². The number of aliphatic imine (C=N–C) groups is 1. The standard InChI is InChI=1S/C9H6ClFN2O2/c10-5-3-1-2-4(6(5)11)7-8(14)13-9(12)15-7/h1-3,7H,(H2,12,13,14). The van der Waals surface area contributed by atoms with Gasteiger partial charge in [0.15, 0.2) is 0 Å². The van der Waals surface area contributed by atoms with Crippen LogP contribution in [0.4, 0.5) is 4.39 Å². The van der Waals surface area contributed by atoms with E-state index in [2.05, 4.69) is 4.99 Å². The second-order valence-corrected chi connectivity index (χ2v) is 3.34. The lowest BCUT2D eigenvalue weighted by Crippen LogP contribution is -2.15. The predicted molar refractivity (Wildman–Crippen MR) is 51.9 cm³/mol. The first-order chi connectivity index (χ1) is 7.09. The number of carbonyl (C=O) groups is 1. The fourth-order valence-corrected chi connectivity index (χ4v) is 1.47. The molecule has 0 radical (unpaired) electrons. The van der Waals surface area contributed by atoms with Gasteiger partial charge in [0.05, 0.1) is 5.02 Å². The minimum Gasteiger partial charge on any atom is -0.446 e. The number of halogens is 2. The van der Waals surface area contributed by atoms with Gasteiger partial charge in [-0.1, -0.05) is 23.7 Å². The highest BCUT2D eigenvalue weighted by Gasteiger charge is 2.32. The number of carbonyl (C=O) groups excluding carboxylic acids is 1. The monoisotopic (exact) mass is 228 g/mol. The molecule has 0 fully saturated rings. The fraction of sp³-hybridized carbons (Fsp3) is 0.111. The second-order valence-electron chi connectivity index (χ2n) is 2.93. The zero-order chi connectivity index (χ0) is 11.0. The lowest BCUT2D eigenvalue weighted by molar-refractivity contribution is -0.123. The fourth-order valence-electron chi connectivity index (χ4n) is 1.28. The first-order valence-electron chi connectivity index (χ1n) is 4.08. The van der Waals surface area contributed by atoms with E-state index in [4.69, 9.17) is 22.1 Å². The van der Waals surface area contributed by atoms with E-state index in [1.54, 1.807) is 0 Å². The zero-order valence-electron chi connectivity index (χ0n) is 7.41. The van der Waals surface area contributed by atoms with Crippen molar-refractivity contribution >= 4 is 23.5 Å². The SMILES string of the molecule is NC1=NC(=O)C(c2cccc(Cl)c2F)O1. The van der Waals surface area contributed by atoms with Crippen LogP contribution in [0.25, 0.3) is 0 Å². The Hall–Kier alpha value is -1.62. The molecule has 2 N–H and O–H groups in total. The Morgan fingerprint density at radius 3 is 2.87 bits per heavy atom. The van der Waals surface area contributed by atoms with Crippen molar-refractivity contribution in [1.82, 2.24) is 0 Å². The summed E-state index contributed by atoms with van der Waals surface area (Å²) >= 11 is 5.57. The van der Waals surface area contributed by atoms with Crippen LogP contribution in [0.15, 0.2) is 23.2 Å². The zero-order valence-corrected chi connectivity index (χ0v) is 8.16. The Bertz CT molecular complexity index is 461. The van der Waals surface area contributed by atoms with Crippen molar-refractivity contribution in [3.05, 3.63) is 34.6 Å². The number of rotatable bonds is 1. The van der Waals surface area contributed by atoms with Crippen LogP contribution in [0.1, 0.15) is 11.7 Å². The summed E-state index contributed by atoms with van der Waals surface area (Å²) in [6, 6.07) is 4.04. The highest BCUT2D eigenvalue weighted by molar-refractivity contribution is 6.30. The van der Waals surface area contributed by atoms with Gasteiger partial charge in [0.2, 0.25) is 6.10 Å². The molecule has 0 saturated carbocycles. The van der Waals surface area contributed by atoms with E-state index in [1.807, 2.05) is 0 Å². The first-order valence-corrected chi connectivity index (χ1v) is 4.46. The Kier molecular flexibility index (Phi) is 2.32. The van der Waals surface area contributed by atoms with E-state index in [0.717, 1.165) is 0 Å². The molecule has 2 rings (SSSR count). The maximum atomic E-state index is 13.5. The molecule has 0 aromatic heterocycles. The number of hydrogen-bond acceptors (Lipinski definition) is 3. The van der Waals surface area contributed by atoms with Gasteiger partial charge < -0.3 is 10.5 Å². The molecule has 1 unspecified atom stereocenters. The molecule has 1 heterocycles. The topological polar surface area (TPSA) is 64.7 Å². The minimum absolute atomic E-state index is 0.0386. The average Bonchev–Trinajstić information content (AvgIpc) is 2.50. The molecule has 1 aromatic rings. The van der Waals surface area contributed by atoms with E-state index in [0.29, 0.717) is 0 Å². The molecule has 78 valence electrons. The van der Waals surface area contributed by atoms with Gasteiger partial charge in [-0.25, -0.2) is 4.39 Å². The molecule has 1 atom stereocenters. The lowest BCUT2D eigenvalue weighted by Gasteiger charge is -2.09. The summed E-state index contributed by atoms with van der Waals surface area (Å²) in [4.78, 5) is 14.6. The Morgan fingerprint density at radius 2 is 2.27 bits per heavy atom. The number of amides is 1. The van der Waals surface area contributed by atoms with Gasteiger partial charge >= 0.3 is 0 Å². The summed E-state index contributed by atoms with van der Waals surface area (Å²) in [6.45, 7) is 0. The summed E-state index contributed by atoms with van der Waals surface area (Å²) in [5.74, 6) is -1.32. The predicted octanol–water partition coefficient (Wildman–Crippen LogP) is 1.39. The third kappa shape index (κ3) is 1.66. The molecular weight excluding hydrogens is 223 g/mol. The van der Waals surface area contributed by atoms with Crippen molar-refractivity contribution in [3.8, 4) is 0 Å². The average molecular weight is 229 g/mol. The molecule has 0 aliphatic carbocycles. The van der Waals surface area contributed by atoms with Crippen LogP contribution in [0.3, 0.4) is 0 Å². The summed E-state index contributed by atoms with van der Waals surface area (Å²) < 4.78 is 18.4. The summed E-state index contributed by atoms with van der Waals surface area (Å²) in [7, 11) is 0. The van der Waals surface area contributed by atoms with Crippen LogP contribution in [0.2, 0.25) is 5.02 Å². The van der Waals surface area contributed by atoms with Gasteiger partial charge in [-0.3, -0.25) is 4.79 Å². The number of benzene rings is 1. The molecule has 1 aromatic carbocycles. The van der Waals surface area contributed by atoms with Crippen molar-refractivity contribution < 1.29 is 13.9 Å². The molecule has 1 aliphatic rings. The van der Waals surface area contributed by atoms with Crippen LogP contribution in [-0.2, 0) is 9.53 Å². The Labute approximate surface area is 89.5 Å². The maximum Gasteiger partial charge on any atom is 0.296 e. The van der Waals surface area contributed by atoms with Gasteiger partial charge in [0.1, 0.15) is 5.82 Å². The van der Waals surface area contributed by atoms with Crippen molar-refractivity contribution in [3.63, 3.8) is 0 Å². The van der Waals surface area contributed by atoms with Crippen molar-refractivity contribution in [1.29, 1.82) is 0 Å². The molecular formula is C9H6ClFN2O2. The molecule has 6 heteroatoms. The van der Waals surface area contributed by atoms with Gasteiger partial charge in [-0.05, 0) is 6.07 Å². The van der Waals surface area contributed by atoms with Gasteiger partial charge in [0, 0.05) is 5.56 Å². The second kappa shape index (κ2) is 3.51. The van der Waals surface area contributed by atoms with E-state index in [-0.39, 0.29) is 16.6 Å². The number of ether oxygens (including phenoxy) is 1. The lowest BCUT2D eigenvalue weighted by atomic mass is 10.1. The summed E-state index contributed by atoms with van der Waals surface area (Å²) in [6.07, 6.45) is -1.12. The van der Waals surface area contributed by atoms with Crippen LogP contribution in [-0.4, -0.2) is 11.9 Å². The Morgan fingerprint density at radius 1 is 1.53 bits per heavy atom. The highest BCUT2D eigenvalue weighted by Crippen LogP contribution is 2.28. The van der Waals surface area contributed by atoms with E-state index in [9.17, 15) is 9.18 Å². The number of hydrogen-bond donors (Lipinski definition) is 1. The van der Waals surface area contributed by atoms with E-state index >= 15 is 0 Å². The quantitative estimate of drug-likeness (QED) is 0.790. The molecule has 15 heavy (non-hydrogen) atoms. The highest BCUT2D eigenvalue weighted by atomic mass is 35.5. The van der Waals surface area contributed by atoms with Gasteiger partial charge in [0.25, 0.3) is 11.9 Å². The number of nitrogens with zero attached hydrogens (tertiary/aromatic N) is 1. The summed E-state index contributed by atoms with van der Waals surface area (Å²) in [5.41, 5.74) is 5.23. The molecule has 0 spiro atoms. The van der Waals surface area contributed by atoms with E-state index in [1.165, 1.54) is 18.2 Å². The largest absolute Gasteiger partial charge is 0.446 e. The van der Waals surface area contributed by atoms with Gasteiger partial charge in [-0.2, -0.15) is 4.99 Å². The third-order valence-electron chi connectivity index (χ3n) is 1.95. The number of amidine groups is 1. The number of nitrogens with two attached hydrogens (primary N) is 1. The molecule has 4 nitrogen and oxygen atoms in total. The first kappa shape index (κ1) is 9.92. The molecule has 1 amide bonds. The molecule has 0 saturated heterocycles. The van der Waals surface area contributed by atoms with Crippen molar-refractivity contribution in [2.75, 3.05) is 0 Å². The van der Waals surface area contributed by atoms with E-state index < -0.39 is 17.8 Å². The molecule has 1 aliphatic heterocycles. The van der Waals surface area contributed by atoms with Crippen LogP contribution < -0.4 is 5.73 Å².